The smallest absolute Gasteiger partial charge is 0.414 e. The van der Waals surface area contributed by atoms with Gasteiger partial charge in [0, 0.05) is 95.6 Å². The Bertz CT molecular complexity index is 1360. The summed E-state index contributed by atoms with van der Waals surface area (Å²) < 4.78 is 5.94. The zero-order chi connectivity index (χ0) is 30.8. The summed E-state index contributed by atoms with van der Waals surface area (Å²) in [6.45, 7) is 11.5. The van der Waals surface area contributed by atoms with E-state index in [2.05, 4.69) is 14.8 Å². The molecule has 4 aliphatic rings. The van der Waals surface area contributed by atoms with Crippen LogP contribution in [-0.4, -0.2) is 109 Å². The van der Waals surface area contributed by atoms with Gasteiger partial charge in [-0.1, -0.05) is 17.7 Å². The molecule has 2 atom stereocenters. The van der Waals surface area contributed by atoms with E-state index in [9.17, 15) is 14.4 Å². The lowest BCUT2D eigenvalue weighted by atomic mass is 10.0. The van der Waals surface area contributed by atoms with E-state index < -0.39 is 0 Å². The Kier molecular flexibility index (Phi) is 9.28. The largest absolute Gasteiger partial charge is 0.446 e. The fraction of sp³-hybridized carbons (Fsp3) is 0.576. The Morgan fingerprint density at radius 1 is 1.00 bits per heavy atom. The number of fused-ring (bicyclic) bond motifs is 1. The van der Waals surface area contributed by atoms with Crippen molar-refractivity contribution < 1.29 is 19.1 Å². The molecule has 0 saturated carbocycles. The molecule has 11 heteroatoms. The third kappa shape index (κ3) is 6.66. The molecule has 10 nitrogen and oxygen atoms in total. The van der Waals surface area contributed by atoms with Gasteiger partial charge in [0.2, 0.25) is 5.91 Å². The number of nitrogens with zero attached hydrogens (tertiary/aromatic N) is 6. The maximum absolute atomic E-state index is 13.5. The Labute approximate surface area is 264 Å². The Balaban J connectivity index is 1.02. The first-order valence-electron chi connectivity index (χ1n) is 16.0. The molecule has 6 rings (SSSR count). The predicted octanol–water partition coefficient (Wildman–Crippen LogP) is 4.30. The third-order valence-electron chi connectivity index (χ3n) is 9.72. The molecule has 4 aliphatic heterocycles. The fourth-order valence-electron chi connectivity index (χ4n) is 6.98. The number of carbonyl (C=O) groups excluding carboxylic acids is 3. The number of carbonyl (C=O) groups is 3. The molecule has 2 unspecified atom stereocenters. The van der Waals surface area contributed by atoms with Crippen molar-refractivity contribution in [3.63, 3.8) is 0 Å². The van der Waals surface area contributed by atoms with Crippen molar-refractivity contribution in [3.05, 3.63) is 52.7 Å². The molecule has 5 heterocycles. The number of hydrogen-bond donors (Lipinski definition) is 0. The van der Waals surface area contributed by atoms with Crippen LogP contribution in [0, 0.1) is 18.8 Å². The number of halogens is 1. The molecular formula is C33H43ClN6O4. The van der Waals surface area contributed by atoms with Crippen LogP contribution in [0.5, 0.6) is 0 Å². The van der Waals surface area contributed by atoms with Crippen LogP contribution in [-0.2, 0) is 9.53 Å². The van der Waals surface area contributed by atoms with Crippen LogP contribution in [0.4, 0.5) is 16.3 Å². The summed E-state index contributed by atoms with van der Waals surface area (Å²) >= 11 is 6.44. The van der Waals surface area contributed by atoms with E-state index in [-0.39, 0.29) is 24.0 Å². The SMILES string of the molecule is CC(=O)N1CCC(OC(=O)N(CCCN2CC3CN(C(=O)c4cccnc4N4CCC4)CC3C2)c2ccc(C)c(Cl)c2)CC1. The van der Waals surface area contributed by atoms with Gasteiger partial charge in [0.05, 0.1) is 5.56 Å². The number of hydrogen-bond acceptors (Lipinski definition) is 7. The highest BCUT2D eigenvalue weighted by Crippen LogP contribution is 2.34. The van der Waals surface area contributed by atoms with Crippen LogP contribution in [0.15, 0.2) is 36.5 Å². The van der Waals surface area contributed by atoms with Crippen molar-refractivity contribution >= 4 is 41.0 Å². The molecular weight excluding hydrogens is 580 g/mol. The van der Waals surface area contributed by atoms with Gasteiger partial charge in [-0.25, -0.2) is 9.78 Å². The molecule has 0 spiro atoms. The summed E-state index contributed by atoms with van der Waals surface area (Å²) in [5.41, 5.74) is 2.40. The first-order chi connectivity index (χ1) is 21.3. The molecule has 0 aliphatic carbocycles. The topological polar surface area (TPSA) is 89.5 Å². The van der Waals surface area contributed by atoms with Crippen LogP contribution in [0.2, 0.25) is 5.02 Å². The number of rotatable bonds is 8. The normalized spacial score (nSPS) is 22.1. The van der Waals surface area contributed by atoms with E-state index in [4.69, 9.17) is 16.3 Å². The number of ether oxygens (including phenoxy) is 1. The van der Waals surface area contributed by atoms with Crippen molar-refractivity contribution in [2.75, 3.05) is 75.2 Å². The fourth-order valence-corrected chi connectivity index (χ4v) is 7.15. The first-order valence-corrected chi connectivity index (χ1v) is 16.4. The number of aryl methyl sites for hydroxylation is 1. The van der Waals surface area contributed by atoms with Gasteiger partial charge in [-0.2, -0.15) is 0 Å². The van der Waals surface area contributed by atoms with E-state index >= 15 is 0 Å². The minimum atomic E-state index is -0.369. The summed E-state index contributed by atoms with van der Waals surface area (Å²) in [5, 5.41) is 0.616. The molecule has 4 fully saturated rings. The van der Waals surface area contributed by atoms with Crippen LogP contribution in [0.3, 0.4) is 0 Å². The number of aromatic nitrogens is 1. The van der Waals surface area contributed by atoms with Gasteiger partial charge in [-0.15, -0.1) is 0 Å². The number of piperidine rings is 1. The van der Waals surface area contributed by atoms with E-state index in [0.29, 0.717) is 49.3 Å². The highest BCUT2D eigenvalue weighted by molar-refractivity contribution is 6.31. The molecule has 3 amide bonds. The summed E-state index contributed by atoms with van der Waals surface area (Å²) in [5.74, 6) is 1.89. The van der Waals surface area contributed by atoms with Gasteiger partial charge < -0.3 is 24.3 Å². The van der Waals surface area contributed by atoms with Crippen LogP contribution < -0.4 is 9.80 Å². The van der Waals surface area contributed by atoms with Gasteiger partial charge >= 0.3 is 6.09 Å². The molecule has 1 aromatic carbocycles. The van der Waals surface area contributed by atoms with E-state index in [1.54, 1.807) is 22.9 Å². The lowest BCUT2D eigenvalue weighted by Gasteiger charge is -2.33. The van der Waals surface area contributed by atoms with Crippen molar-refractivity contribution in [3.8, 4) is 0 Å². The van der Waals surface area contributed by atoms with Crippen molar-refractivity contribution in [1.29, 1.82) is 0 Å². The van der Waals surface area contributed by atoms with Crippen LogP contribution >= 0.6 is 11.6 Å². The number of likely N-dealkylation sites (tertiary alicyclic amines) is 3. The quantitative estimate of drug-likeness (QED) is 0.434. The van der Waals surface area contributed by atoms with Gasteiger partial charge in [0.25, 0.3) is 5.91 Å². The molecule has 44 heavy (non-hydrogen) atoms. The van der Waals surface area contributed by atoms with Gasteiger partial charge in [0.15, 0.2) is 0 Å². The molecule has 2 aromatic rings. The highest BCUT2D eigenvalue weighted by Gasteiger charge is 2.42. The lowest BCUT2D eigenvalue weighted by molar-refractivity contribution is -0.130. The Hall–Kier alpha value is -3.37. The minimum absolute atomic E-state index is 0.0563. The maximum atomic E-state index is 13.5. The summed E-state index contributed by atoms with van der Waals surface area (Å²) in [7, 11) is 0. The minimum Gasteiger partial charge on any atom is -0.446 e. The van der Waals surface area contributed by atoms with E-state index in [0.717, 1.165) is 81.3 Å². The second kappa shape index (κ2) is 13.3. The zero-order valence-electron chi connectivity index (χ0n) is 25.8. The zero-order valence-corrected chi connectivity index (χ0v) is 26.5. The summed E-state index contributed by atoms with van der Waals surface area (Å²) in [4.78, 5) is 53.3. The summed E-state index contributed by atoms with van der Waals surface area (Å²) in [6, 6.07) is 9.45. The van der Waals surface area contributed by atoms with Crippen LogP contribution in [0.1, 0.15) is 48.5 Å². The molecule has 236 valence electrons. The standard InChI is InChI=1S/C33H43ClN6O4/c1-23-7-8-27(18-30(23)34)40(33(43)44-28-9-16-37(17-10-28)24(2)41)15-4-12-36-19-25-21-39(22-26(25)20-36)32(42)29-6-3-11-35-31(29)38-13-5-14-38/h3,6-8,11,18,25-26,28H,4-5,9-10,12-17,19-22H2,1-2H3. The van der Waals surface area contributed by atoms with Crippen molar-refractivity contribution in [1.82, 2.24) is 19.7 Å². The number of pyridine rings is 1. The Morgan fingerprint density at radius 3 is 2.36 bits per heavy atom. The van der Waals surface area contributed by atoms with E-state index in [1.807, 2.05) is 42.2 Å². The van der Waals surface area contributed by atoms with Crippen molar-refractivity contribution in [2.45, 2.75) is 45.6 Å². The molecule has 0 N–H and O–H groups in total. The average molecular weight is 623 g/mol. The average Bonchev–Trinajstić information content (AvgIpc) is 3.55. The second-order valence-corrected chi connectivity index (χ2v) is 13.1. The monoisotopic (exact) mass is 622 g/mol. The highest BCUT2D eigenvalue weighted by atomic mass is 35.5. The molecule has 0 bridgehead atoms. The van der Waals surface area contributed by atoms with Gasteiger partial charge in [-0.05, 0) is 68.0 Å². The van der Waals surface area contributed by atoms with Crippen LogP contribution in [0.25, 0.3) is 0 Å². The number of anilines is 2. The number of benzene rings is 1. The molecule has 4 saturated heterocycles. The molecule has 0 radical (unpaired) electrons. The van der Waals surface area contributed by atoms with Gasteiger partial charge in [0.1, 0.15) is 11.9 Å². The van der Waals surface area contributed by atoms with E-state index in [1.165, 1.54) is 0 Å². The lowest BCUT2D eigenvalue weighted by Crippen LogP contribution is -2.43. The first kappa shape index (κ1) is 30.6. The van der Waals surface area contributed by atoms with Gasteiger partial charge in [-0.3, -0.25) is 14.5 Å². The molecule has 1 aromatic heterocycles. The third-order valence-corrected chi connectivity index (χ3v) is 10.1. The number of amides is 3. The second-order valence-electron chi connectivity index (χ2n) is 12.7. The Morgan fingerprint density at radius 2 is 1.73 bits per heavy atom. The predicted molar refractivity (Wildman–Crippen MR) is 170 cm³/mol. The summed E-state index contributed by atoms with van der Waals surface area (Å²) in [6.07, 6.45) is 4.42. The maximum Gasteiger partial charge on any atom is 0.414 e. The van der Waals surface area contributed by atoms with Crippen molar-refractivity contribution in [2.24, 2.45) is 11.8 Å².